The van der Waals surface area contributed by atoms with E-state index in [1.165, 1.54) is 6.21 Å². The number of hydrogen-bond acceptors (Lipinski definition) is 4. The highest BCUT2D eigenvalue weighted by Gasteiger charge is 2.03. The van der Waals surface area contributed by atoms with E-state index in [4.69, 9.17) is 9.68 Å². The summed E-state index contributed by atoms with van der Waals surface area (Å²) in [4.78, 5) is 10.8. The van der Waals surface area contributed by atoms with Crippen molar-refractivity contribution in [1.29, 1.82) is 5.26 Å². The highest BCUT2D eigenvalue weighted by atomic mass is 79.9. The van der Waals surface area contributed by atoms with Crippen LogP contribution in [0, 0.1) is 11.3 Å². The first-order valence-electron chi connectivity index (χ1n) is 3.77. The molecular weight excluding hydrogens is 330 g/mol. The average Bonchev–Trinajstić information content (AvgIpc) is 2.46. The van der Waals surface area contributed by atoms with Gasteiger partial charge in [0.25, 0.3) is 5.91 Å². The Hall–Kier alpha value is -1.13. The van der Waals surface area contributed by atoms with Crippen LogP contribution in [0.15, 0.2) is 24.7 Å². The molecule has 0 aliphatic rings. The SMILES string of the molecule is N#CCC(=O)NN=Cc1cc(Br)c(Br)o1. The molecule has 0 fully saturated rings. The lowest BCUT2D eigenvalue weighted by Crippen LogP contribution is -2.15. The minimum atomic E-state index is -0.460. The smallest absolute Gasteiger partial charge is 0.254 e. The van der Waals surface area contributed by atoms with Gasteiger partial charge in [0.05, 0.1) is 16.8 Å². The van der Waals surface area contributed by atoms with Gasteiger partial charge in [0.1, 0.15) is 12.2 Å². The zero-order valence-corrected chi connectivity index (χ0v) is 10.5. The highest BCUT2D eigenvalue weighted by Crippen LogP contribution is 2.25. The zero-order valence-electron chi connectivity index (χ0n) is 7.33. The summed E-state index contributed by atoms with van der Waals surface area (Å²) in [7, 11) is 0. The molecule has 0 aliphatic carbocycles. The average molecular weight is 335 g/mol. The van der Waals surface area contributed by atoms with Gasteiger partial charge in [-0.3, -0.25) is 4.79 Å². The quantitative estimate of drug-likeness (QED) is 0.679. The molecule has 1 aromatic heterocycles. The second kappa shape index (κ2) is 5.68. The summed E-state index contributed by atoms with van der Waals surface area (Å²) >= 11 is 6.39. The third-order valence-electron chi connectivity index (χ3n) is 1.28. The topological polar surface area (TPSA) is 78.4 Å². The lowest BCUT2D eigenvalue weighted by atomic mass is 10.5. The minimum Gasteiger partial charge on any atom is -0.447 e. The number of hydrazone groups is 1. The summed E-state index contributed by atoms with van der Waals surface area (Å²) in [6, 6.07) is 3.39. The van der Waals surface area contributed by atoms with Gasteiger partial charge in [0.2, 0.25) is 0 Å². The molecule has 0 aromatic carbocycles. The van der Waals surface area contributed by atoms with E-state index in [9.17, 15) is 4.79 Å². The molecule has 0 radical (unpaired) electrons. The largest absolute Gasteiger partial charge is 0.447 e. The van der Waals surface area contributed by atoms with E-state index in [2.05, 4.69) is 42.4 Å². The fourth-order valence-corrected chi connectivity index (χ4v) is 1.31. The molecule has 1 heterocycles. The molecule has 5 nitrogen and oxygen atoms in total. The van der Waals surface area contributed by atoms with Gasteiger partial charge < -0.3 is 4.42 Å². The molecule has 0 saturated heterocycles. The molecule has 1 N–H and O–H groups in total. The van der Waals surface area contributed by atoms with E-state index in [0.717, 1.165) is 4.47 Å². The first-order chi connectivity index (χ1) is 7.13. The number of hydrogen-bond donors (Lipinski definition) is 1. The maximum Gasteiger partial charge on any atom is 0.254 e. The third-order valence-corrected chi connectivity index (χ3v) is 3.00. The first-order valence-corrected chi connectivity index (χ1v) is 5.35. The molecule has 15 heavy (non-hydrogen) atoms. The monoisotopic (exact) mass is 333 g/mol. The number of nitrogens with zero attached hydrogens (tertiary/aromatic N) is 2. The van der Waals surface area contributed by atoms with Gasteiger partial charge in [0.15, 0.2) is 4.67 Å². The molecule has 0 saturated carbocycles. The third kappa shape index (κ3) is 3.85. The number of furan rings is 1. The Balaban J connectivity index is 2.52. The Morgan fingerprint density at radius 2 is 2.47 bits per heavy atom. The summed E-state index contributed by atoms with van der Waals surface area (Å²) in [5.74, 6) is 0.0180. The van der Waals surface area contributed by atoms with Gasteiger partial charge >= 0.3 is 0 Å². The number of carbonyl (C=O) groups is 1. The second-order valence-electron chi connectivity index (χ2n) is 2.40. The Morgan fingerprint density at radius 3 is 3.00 bits per heavy atom. The lowest BCUT2D eigenvalue weighted by molar-refractivity contribution is -0.120. The molecule has 0 aliphatic heterocycles. The fourth-order valence-electron chi connectivity index (χ4n) is 0.706. The number of carbonyl (C=O) groups excluding carboxylic acids is 1. The van der Waals surface area contributed by atoms with Crippen molar-refractivity contribution in [3.63, 3.8) is 0 Å². The van der Waals surface area contributed by atoms with Crippen LogP contribution < -0.4 is 5.43 Å². The molecular formula is C8H5Br2N3O2. The van der Waals surface area contributed by atoms with Crippen molar-refractivity contribution < 1.29 is 9.21 Å². The van der Waals surface area contributed by atoms with Crippen LogP contribution in [-0.2, 0) is 4.79 Å². The van der Waals surface area contributed by atoms with Crippen LogP contribution in [-0.4, -0.2) is 12.1 Å². The number of nitriles is 1. The van der Waals surface area contributed by atoms with Crippen molar-refractivity contribution in [3.8, 4) is 6.07 Å². The minimum absolute atomic E-state index is 0.219. The van der Waals surface area contributed by atoms with Crippen LogP contribution in [0.5, 0.6) is 0 Å². The van der Waals surface area contributed by atoms with E-state index in [1.807, 2.05) is 0 Å². The van der Waals surface area contributed by atoms with E-state index in [-0.39, 0.29) is 6.42 Å². The number of amides is 1. The predicted molar refractivity (Wildman–Crippen MR) is 60.1 cm³/mol. The summed E-state index contributed by atoms with van der Waals surface area (Å²) in [6.45, 7) is 0. The molecule has 7 heteroatoms. The molecule has 0 atom stereocenters. The van der Waals surface area contributed by atoms with Gasteiger partial charge in [-0.25, -0.2) is 5.43 Å². The number of nitrogens with one attached hydrogen (secondary N) is 1. The van der Waals surface area contributed by atoms with E-state index < -0.39 is 5.91 Å². The van der Waals surface area contributed by atoms with Crippen LogP contribution >= 0.6 is 31.9 Å². The van der Waals surface area contributed by atoms with Crippen molar-refractivity contribution in [2.75, 3.05) is 0 Å². The van der Waals surface area contributed by atoms with Gasteiger partial charge in [-0.1, -0.05) is 0 Å². The normalized spacial score (nSPS) is 10.2. The van der Waals surface area contributed by atoms with Gasteiger partial charge in [-0.05, 0) is 31.9 Å². The highest BCUT2D eigenvalue weighted by molar-refractivity contribution is 9.13. The fraction of sp³-hybridized carbons (Fsp3) is 0.125. The number of rotatable bonds is 3. The molecule has 0 bridgehead atoms. The Bertz CT molecular complexity index is 414. The maximum atomic E-state index is 10.8. The van der Waals surface area contributed by atoms with Crippen LogP contribution in [0.4, 0.5) is 0 Å². The summed E-state index contributed by atoms with van der Waals surface area (Å²) in [5, 5.41) is 11.8. The van der Waals surface area contributed by atoms with Crippen molar-refractivity contribution >= 4 is 44.0 Å². The second-order valence-corrected chi connectivity index (χ2v) is 3.97. The summed E-state index contributed by atoms with van der Waals surface area (Å²) in [5.41, 5.74) is 2.18. The predicted octanol–water partition coefficient (Wildman–Crippen LogP) is 2.17. The molecule has 0 unspecified atom stereocenters. The van der Waals surface area contributed by atoms with Crippen molar-refractivity contribution in [3.05, 3.63) is 21.0 Å². The Labute approximate surface area is 102 Å². The standard InChI is InChI=1S/C8H5Br2N3O2/c9-6-3-5(15-8(6)10)4-12-13-7(14)1-2-11/h3-4H,1H2,(H,13,14). The van der Waals surface area contributed by atoms with E-state index >= 15 is 0 Å². The van der Waals surface area contributed by atoms with Crippen molar-refractivity contribution in [2.24, 2.45) is 5.10 Å². The molecule has 1 rings (SSSR count). The zero-order chi connectivity index (χ0) is 11.3. The van der Waals surface area contributed by atoms with Crippen molar-refractivity contribution in [2.45, 2.75) is 6.42 Å². The van der Waals surface area contributed by atoms with Gasteiger partial charge in [0, 0.05) is 6.07 Å². The number of halogens is 2. The van der Waals surface area contributed by atoms with Crippen LogP contribution in [0.3, 0.4) is 0 Å². The Morgan fingerprint density at radius 1 is 1.73 bits per heavy atom. The van der Waals surface area contributed by atoms with Gasteiger partial charge in [-0.2, -0.15) is 10.4 Å². The van der Waals surface area contributed by atoms with E-state index in [0.29, 0.717) is 10.4 Å². The molecule has 0 spiro atoms. The maximum absolute atomic E-state index is 10.8. The summed E-state index contributed by atoms with van der Waals surface area (Å²) in [6.07, 6.45) is 1.12. The Kier molecular flexibility index (Phi) is 4.52. The van der Waals surface area contributed by atoms with Crippen LogP contribution in [0.25, 0.3) is 0 Å². The first kappa shape index (κ1) is 11.9. The van der Waals surface area contributed by atoms with Gasteiger partial charge in [-0.15, -0.1) is 0 Å². The van der Waals surface area contributed by atoms with Crippen molar-refractivity contribution in [1.82, 2.24) is 5.43 Å². The summed E-state index contributed by atoms with van der Waals surface area (Å²) < 4.78 is 6.47. The van der Waals surface area contributed by atoms with E-state index in [1.54, 1.807) is 12.1 Å². The molecule has 1 amide bonds. The molecule has 1 aromatic rings. The van der Waals surface area contributed by atoms with Crippen LogP contribution in [0.2, 0.25) is 0 Å². The van der Waals surface area contributed by atoms with Crippen LogP contribution in [0.1, 0.15) is 12.2 Å². The lowest BCUT2D eigenvalue weighted by Gasteiger charge is -1.90. The molecule has 78 valence electrons.